The summed E-state index contributed by atoms with van der Waals surface area (Å²) in [6.07, 6.45) is -0.183. The molecule has 0 amide bonds. The third-order valence-electron chi connectivity index (χ3n) is 2.47. The van der Waals surface area contributed by atoms with Crippen molar-refractivity contribution < 1.29 is 18.7 Å². The van der Waals surface area contributed by atoms with Crippen molar-refractivity contribution in [3.63, 3.8) is 0 Å². The molecule has 2 N–H and O–H groups in total. The van der Waals surface area contributed by atoms with Crippen LogP contribution in [0.2, 0.25) is 0 Å². The highest BCUT2D eigenvalue weighted by Gasteiger charge is 2.33. The van der Waals surface area contributed by atoms with Gasteiger partial charge in [0.2, 0.25) is 0 Å². The Kier molecular flexibility index (Phi) is 4.41. The smallest absolute Gasteiger partial charge is 0.317 e. The van der Waals surface area contributed by atoms with Gasteiger partial charge in [-0.25, -0.2) is 8.78 Å². The number of rotatable bonds is 5. The Hall–Kier alpha value is -0.750. The molecule has 0 radical (unpaired) electrons. The van der Waals surface area contributed by atoms with Crippen LogP contribution in [0.3, 0.4) is 0 Å². The molecule has 0 bridgehead atoms. The highest BCUT2D eigenvalue weighted by molar-refractivity contribution is 5.68. The summed E-state index contributed by atoms with van der Waals surface area (Å²) in [5.74, 6) is -3.41. The van der Waals surface area contributed by atoms with Gasteiger partial charge in [-0.05, 0) is 0 Å². The molecule has 1 aliphatic heterocycles. The van der Waals surface area contributed by atoms with E-state index in [0.717, 1.165) is 0 Å². The molecule has 0 spiro atoms. The summed E-state index contributed by atoms with van der Waals surface area (Å²) < 4.78 is 25.5. The zero-order chi connectivity index (χ0) is 11.3. The minimum absolute atomic E-state index is 0.0794. The molecule has 0 unspecified atom stereocenters. The van der Waals surface area contributed by atoms with Gasteiger partial charge in [0.15, 0.2) is 0 Å². The van der Waals surface area contributed by atoms with Crippen molar-refractivity contribution >= 4 is 5.97 Å². The van der Waals surface area contributed by atoms with Gasteiger partial charge in [0.25, 0.3) is 5.92 Å². The molecule has 88 valence electrons. The van der Waals surface area contributed by atoms with Crippen LogP contribution >= 0.6 is 0 Å². The Morgan fingerprint density at radius 3 is 2.53 bits per heavy atom. The molecule has 1 rings (SSSR count). The number of aliphatic carboxylic acids is 1. The first kappa shape index (κ1) is 12.3. The fraction of sp³-hybridized carbons (Fsp3) is 0.889. The Balaban J connectivity index is 2.06. The predicted octanol–water partition coefficient (Wildman–Crippen LogP) is 0.392. The van der Waals surface area contributed by atoms with Gasteiger partial charge in [-0.2, -0.15) is 0 Å². The molecule has 0 aromatic carbocycles. The van der Waals surface area contributed by atoms with Crippen LogP contribution in [0.4, 0.5) is 8.78 Å². The normalized spacial score (nSPS) is 21.5. The van der Waals surface area contributed by atoms with E-state index in [1.54, 1.807) is 0 Å². The largest absolute Gasteiger partial charge is 0.480 e. The van der Waals surface area contributed by atoms with Crippen LogP contribution in [0.25, 0.3) is 0 Å². The Bertz CT molecular complexity index is 214. The fourth-order valence-corrected chi connectivity index (χ4v) is 1.54. The summed E-state index contributed by atoms with van der Waals surface area (Å²) in [6, 6.07) is 0. The minimum Gasteiger partial charge on any atom is -0.480 e. The number of piperidine rings is 1. The van der Waals surface area contributed by atoms with Crippen LogP contribution in [-0.4, -0.2) is 54.6 Å². The molecule has 4 nitrogen and oxygen atoms in total. The van der Waals surface area contributed by atoms with Crippen molar-refractivity contribution in [2.24, 2.45) is 0 Å². The van der Waals surface area contributed by atoms with Crippen molar-refractivity contribution in [3.05, 3.63) is 0 Å². The van der Waals surface area contributed by atoms with Crippen molar-refractivity contribution in [1.82, 2.24) is 10.2 Å². The summed E-state index contributed by atoms with van der Waals surface area (Å²) in [6.45, 7) is 1.86. The van der Waals surface area contributed by atoms with E-state index in [2.05, 4.69) is 5.32 Å². The van der Waals surface area contributed by atoms with Gasteiger partial charge in [0, 0.05) is 39.0 Å². The van der Waals surface area contributed by atoms with Gasteiger partial charge in [0.05, 0.1) is 6.54 Å². The number of hydrogen-bond acceptors (Lipinski definition) is 3. The zero-order valence-corrected chi connectivity index (χ0v) is 8.51. The van der Waals surface area contributed by atoms with E-state index in [1.807, 2.05) is 4.90 Å². The monoisotopic (exact) mass is 222 g/mol. The summed E-state index contributed by atoms with van der Waals surface area (Å²) in [5.41, 5.74) is 0. The lowest BCUT2D eigenvalue weighted by molar-refractivity contribution is -0.135. The molecule has 1 saturated heterocycles. The second kappa shape index (κ2) is 5.37. The maximum atomic E-state index is 12.8. The first-order chi connectivity index (χ1) is 6.99. The molecule has 6 heteroatoms. The third kappa shape index (κ3) is 5.03. The van der Waals surface area contributed by atoms with Gasteiger partial charge >= 0.3 is 5.97 Å². The number of carbonyl (C=O) groups is 1. The number of nitrogens with zero attached hydrogens (tertiary/aromatic N) is 1. The number of likely N-dealkylation sites (tertiary alicyclic amines) is 1. The number of nitrogens with one attached hydrogen (secondary N) is 1. The lowest BCUT2D eigenvalue weighted by Gasteiger charge is -2.31. The fourth-order valence-electron chi connectivity index (χ4n) is 1.54. The van der Waals surface area contributed by atoms with E-state index in [-0.39, 0.29) is 19.4 Å². The summed E-state index contributed by atoms with van der Waals surface area (Å²) in [7, 11) is 0. The topological polar surface area (TPSA) is 52.6 Å². The summed E-state index contributed by atoms with van der Waals surface area (Å²) >= 11 is 0. The highest BCUT2D eigenvalue weighted by atomic mass is 19.3. The van der Waals surface area contributed by atoms with Crippen LogP contribution in [0.5, 0.6) is 0 Å². The summed E-state index contributed by atoms with van der Waals surface area (Å²) in [5, 5.41) is 11.1. The number of hydrogen-bond donors (Lipinski definition) is 2. The Labute approximate surface area is 87.2 Å². The molecular weight excluding hydrogens is 206 g/mol. The first-order valence-corrected chi connectivity index (χ1v) is 5.02. The van der Waals surface area contributed by atoms with Crippen LogP contribution in [0, 0.1) is 0 Å². The van der Waals surface area contributed by atoms with Gasteiger partial charge in [-0.15, -0.1) is 0 Å². The molecular formula is C9H16F2N2O2. The zero-order valence-electron chi connectivity index (χ0n) is 8.51. The minimum atomic E-state index is -2.51. The van der Waals surface area contributed by atoms with E-state index in [4.69, 9.17) is 5.11 Å². The second-order valence-electron chi connectivity index (χ2n) is 3.77. The summed E-state index contributed by atoms with van der Waals surface area (Å²) in [4.78, 5) is 12.1. The van der Waals surface area contributed by atoms with Crippen LogP contribution in [-0.2, 0) is 4.79 Å². The standard InChI is InChI=1S/C9H16F2N2O2/c10-9(11)1-4-13(5-2-9)6-3-12-7-8(14)15/h12H,1-7H2,(H,14,15). The van der Waals surface area contributed by atoms with Crippen LogP contribution < -0.4 is 5.32 Å². The van der Waals surface area contributed by atoms with Crippen molar-refractivity contribution in [2.45, 2.75) is 18.8 Å². The molecule has 1 heterocycles. The van der Waals surface area contributed by atoms with Gasteiger partial charge in [0.1, 0.15) is 0 Å². The SMILES string of the molecule is O=C(O)CNCCN1CCC(F)(F)CC1. The molecule has 0 aromatic heterocycles. The average Bonchev–Trinajstić information content (AvgIpc) is 2.14. The predicted molar refractivity (Wildman–Crippen MR) is 51.1 cm³/mol. The average molecular weight is 222 g/mol. The second-order valence-corrected chi connectivity index (χ2v) is 3.77. The molecule has 1 fully saturated rings. The number of halogens is 2. The first-order valence-electron chi connectivity index (χ1n) is 5.02. The van der Waals surface area contributed by atoms with Crippen molar-refractivity contribution in [3.8, 4) is 0 Å². The van der Waals surface area contributed by atoms with E-state index in [1.165, 1.54) is 0 Å². The molecule has 0 atom stereocenters. The third-order valence-corrected chi connectivity index (χ3v) is 2.47. The maximum absolute atomic E-state index is 12.8. The van der Waals surface area contributed by atoms with Gasteiger partial charge in [-0.1, -0.05) is 0 Å². The van der Waals surface area contributed by atoms with E-state index in [0.29, 0.717) is 26.2 Å². The maximum Gasteiger partial charge on any atom is 0.317 e. The van der Waals surface area contributed by atoms with Crippen molar-refractivity contribution in [2.75, 3.05) is 32.7 Å². The molecule has 15 heavy (non-hydrogen) atoms. The Morgan fingerprint density at radius 2 is 2.00 bits per heavy atom. The van der Waals surface area contributed by atoms with Gasteiger partial charge in [-0.3, -0.25) is 4.79 Å². The van der Waals surface area contributed by atoms with Crippen LogP contribution in [0.1, 0.15) is 12.8 Å². The molecule has 0 saturated carbocycles. The molecule has 0 aliphatic carbocycles. The van der Waals surface area contributed by atoms with E-state index >= 15 is 0 Å². The van der Waals surface area contributed by atoms with E-state index < -0.39 is 11.9 Å². The van der Waals surface area contributed by atoms with E-state index in [9.17, 15) is 13.6 Å². The number of carboxylic acids is 1. The number of carboxylic acid groups (broad SMARTS) is 1. The lowest BCUT2D eigenvalue weighted by Crippen LogP contribution is -2.42. The quantitative estimate of drug-likeness (QED) is 0.661. The Morgan fingerprint density at radius 1 is 1.40 bits per heavy atom. The van der Waals surface area contributed by atoms with Crippen LogP contribution in [0.15, 0.2) is 0 Å². The van der Waals surface area contributed by atoms with Crippen molar-refractivity contribution in [1.29, 1.82) is 0 Å². The van der Waals surface area contributed by atoms with Gasteiger partial charge < -0.3 is 15.3 Å². The molecule has 1 aliphatic rings. The number of alkyl halides is 2. The highest BCUT2D eigenvalue weighted by Crippen LogP contribution is 2.27. The molecule has 0 aromatic rings. The lowest BCUT2D eigenvalue weighted by atomic mass is 10.1.